The molecule has 0 bridgehead atoms. The van der Waals surface area contributed by atoms with Gasteiger partial charge in [0, 0.05) is 0 Å². The van der Waals surface area contributed by atoms with Gasteiger partial charge in [-0.05, 0) is 12.2 Å². The van der Waals surface area contributed by atoms with E-state index < -0.39 is 0 Å². The van der Waals surface area contributed by atoms with Gasteiger partial charge < -0.3 is 15.4 Å². The van der Waals surface area contributed by atoms with Crippen LogP contribution in [0, 0.1) is 5.21 Å². The molecule has 0 saturated carbocycles. The predicted molar refractivity (Wildman–Crippen MR) is 29.7 cm³/mol. The summed E-state index contributed by atoms with van der Waals surface area (Å²) in [6.07, 6.45) is 5.17. The van der Waals surface area contributed by atoms with Gasteiger partial charge in [-0.2, -0.15) is 0 Å². The first-order valence-corrected chi connectivity index (χ1v) is 2.31. The van der Waals surface area contributed by atoms with Crippen molar-refractivity contribution in [3.63, 3.8) is 0 Å². The van der Waals surface area contributed by atoms with Gasteiger partial charge in [0.2, 0.25) is 0 Å². The molecule has 1 heterocycles. The summed E-state index contributed by atoms with van der Waals surface area (Å²) in [5.74, 6) is 0.285. The molecule has 1 aliphatic heterocycles. The highest BCUT2D eigenvalue weighted by Gasteiger charge is 1.90. The van der Waals surface area contributed by atoms with Crippen molar-refractivity contribution in [2.24, 2.45) is 0 Å². The van der Waals surface area contributed by atoms with Gasteiger partial charge in [-0.15, -0.1) is 0 Å². The van der Waals surface area contributed by atoms with Crippen LogP contribution < -0.4 is 5.48 Å². The lowest BCUT2D eigenvalue weighted by Crippen LogP contribution is -2.09. The minimum atomic E-state index is 0.285. The summed E-state index contributed by atoms with van der Waals surface area (Å²) in [4.78, 5) is 0. The fourth-order valence-electron chi connectivity index (χ4n) is 0.460. The number of allylic oxidation sites excluding steroid dienone is 2. The Morgan fingerprint density at radius 3 is 3.00 bits per heavy atom. The number of rotatable bonds is 1. The molecular formula is C5H6NO2-. The highest BCUT2D eigenvalue weighted by atomic mass is 16.6. The summed E-state index contributed by atoms with van der Waals surface area (Å²) < 4.78 is 4.78. The van der Waals surface area contributed by atoms with Gasteiger partial charge in [-0.3, -0.25) is 0 Å². The van der Waals surface area contributed by atoms with Crippen LogP contribution >= 0.6 is 0 Å². The van der Waals surface area contributed by atoms with E-state index in [0.29, 0.717) is 6.61 Å². The van der Waals surface area contributed by atoms with E-state index >= 15 is 0 Å². The molecule has 3 nitrogen and oxygen atoms in total. The van der Waals surface area contributed by atoms with Crippen LogP contribution in [0.25, 0.3) is 0 Å². The average molecular weight is 112 g/mol. The van der Waals surface area contributed by atoms with Crippen LogP contribution in [-0.4, -0.2) is 6.61 Å². The van der Waals surface area contributed by atoms with Gasteiger partial charge in [-0.1, -0.05) is 6.08 Å². The second kappa shape index (κ2) is 2.37. The lowest BCUT2D eigenvalue weighted by molar-refractivity contribution is 0.227. The summed E-state index contributed by atoms with van der Waals surface area (Å²) in [7, 11) is 0. The van der Waals surface area contributed by atoms with Crippen molar-refractivity contribution >= 4 is 0 Å². The van der Waals surface area contributed by atoms with Crippen molar-refractivity contribution in [3.8, 4) is 0 Å². The van der Waals surface area contributed by atoms with E-state index in [1.807, 2.05) is 6.08 Å². The Bertz CT molecular complexity index is 128. The molecule has 0 unspecified atom stereocenters. The van der Waals surface area contributed by atoms with Crippen LogP contribution in [0.5, 0.6) is 0 Å². The van der Waals surface area contributed by atoms with Gasteiger partial charge >= 0.3 is 0 Å². The zero-order valence-electron chi connectivity index (χ0n) is 4.26. The smallest absolute Gasteiger partial charge is 0.176 e. The first-order chi connectivity index (χ1) is 3.93. The molecule has 0 aliphatic carbocycles. The standard InChI is InChI=1S/C5H6NO2/c7-6-5-3-1-2-4-8-5/h1-3,6H,4H2/q-1. The second-order valence-corrected chi connectivity index (χ2v) is 1.37. The zero-order valence-corrected chi connectivity index (χ0v) is 4.26. The largest absolute Gasteiger partial charge is 0.759 e. The molecule has 0 amide bonds. The van der Waals surface area contributed by atoms with E-state index in [1.54, 1.807) is 17.6 Å². The van der Waals surface area contributed by atoms with Crippen molar-refractivity contribution in [1.82, 2.24) is 5.48 Å². The van der Waals surface area contributed by atoms with Crippen LogP contribution in [0.2, 0.25) is 0 Å². The molecule has 0 atom stereocenters. The van der Waals surface area contributed by atoms with Crippen LogP contribution in [0.3, 0.4) is 0 Å². The highest BCUT2D eigenvalue weighted by Crippen LogP contribution is 1.97. The molecule has 0 spiro atoms. The number of nitrogens with one attached hydrogen (secondary N) is 1. The summed E-state index contributed by atoms with van der Waals surface area (Å²) in [5.41, 5.74) is 1.64. The predicted octanol–water partition coefficient (Wildman–Crippen LogP) is 0.502. The van der Waals surface area contributed by atoms with Crippen LogP contribution in [-0.2, 0) is 4.74 Å². The van der Waals surface area contributed by atoms with E-state index in [1.165, 1.54) is 0 Å². The summed E-state index contributed by atoms with van der Waals surface area (Å²) >= 11 is 0. The van der Waals surface area contributed by atoms with E-state index in [0.717, 1.165) is 0 Å². The van der Waals surface area contributed by atoms with E-state index in [9.17, 15) is 5.21 Å². The Labute approximate surface area is 47.2 Å². The summed E-state index contributed by atoms with van der Waals surface area (Å²) in [5, 5.41) is 9.81. The van der Waals surface area contributed by atoms with Crippen molar-refractivity contribution in [3.05, 3.63) is 29.3 Å². The molecule has 0 aromatic rings. The maximum atomic E-state index is 9.81. The number of hydroxylamine groups is 1. The normalized spacial score (nSPS) is 16.9. The van der Waals surface area contributed by atoms with Crippen molar-refractivity contribution < 1.29 is 4.74 Å². The molecule has 1 rings (SSSR count). The molecule has 0 radical (unpaired) electrons. The maximum absolute atomic E-state index is 9.81. The first-order valence-electron chi connectivity index (χ1n) is 2.31. The zero-order chi connectivity index (χ0) is 5.82. The third kappa shape index (κ3) is 1.01. The van der Waals surface area contributed by atoms with Gasteiger partial charge in [0.05, 0.1) is 0 Å². The maximum Gasteiger partial charge on any atom is 0.176 e. The average Bonchev–Trinajstić information content (AvgIpc) is 1.90. The summed E-state index contributed by atoms with van der Waals surface area (Å²) in [6, 6.07) is 0. The van der Waals surface area contributed by atoms with E-state index in [-0.39, 0.29) is 5.88 Å². The third-order valence-corrected chi connectivity index (χ3v) is 0.819. The quantitative estimate of drug-likeness (QED) is 0.502. The molecule has 0 saturated heterocycles. The molecule has 44 valence electrons. The molecule has 0 fully saturated rings. The minimum absolute atomic E-state index is 0.285. The molecule has 8 heavy (non-hydrogen) atoms. The Morgan fingerprint density at radius 2 is 2.62 bits per heavy atom. The Balaban J connectivity index is 2.50. The molecule has 1 N–H and O–H groups in total. The van der Waals surface area contributed by atoms with Crippen molar-refractivity contribution in [1.29, 1.82) is 0 Å². The number of ether oxygens (including phenoxy) is 1. The lowest BCUT2D eigenvalue weighted by atomic mass is 10.4. The SMILES string of the molecule is [O-]NC1=CC=CCO1. The Kier molecular flexibility index (Phi) is 1.54. The minimum Gasteiger partial charge on any atom is -0.759 e. The van der Waals surface area contributed by atoms with Crippen molar-refractivity contribution in [2.45, 2.75) is 0 Å². The molecule has 3 heteroatoms. The van der Waals surface area contributed by atoms with Gasteiger partial charge in [0.1, 0.15) is 6.61 Å². The Hall–Kier alpha value is -0.960. The Morgan fingerprint density at radius 1 is 1.75 bits per heavy atom. The van der Waals surface area contributed by atoms with Gasteiger partial charge in [-0.25, -0.2) is 0 Å². The van der Waals surface area contributed by atoms with Crippen LogP contribution in [0.4, 0.5) is 0 Å². The molecule has 0 aromatic carbocycles. The monoisotopic (exact) mass is 112 g/mol. The third-order valence-electron chi connectivity index (χ3n) is 0.819. The molecular weight excluding hydrogens is 106 g/mol. The highest BCUT2D eigenvalue weighted by molar-refractivity contribution is 5.10. The summed E-state index contributed by atoms with van der Waals surface area (Å²) in [6.45, 7) is 0.487. The van der Waals surface area contributed by atoms with Gasteiger partial charge in [0.15, 0.2) is 5.88 Å². The molecule has 0 aromatic heterocycles. The number of hydrogen-bond acceptors (Lipinski definition) is 3. The van der Waals surface area contributed by atoms with Crippen LogP contribution in [0.1, 0.15) is 0 Å². The molecule has 1 aliphatic rings. The van der Waals surface area contributed by atoms with E-state index in [2.05, 4.69) is 0 Å². The fraction of sp³-hybridized carbons (Fsp3) is 0.200. The number of hydrogen-bond donors (Lipinski definition) is 1. The van der Waals surface area contributed by atoms with Crippen LogP contribution in [0.15, 0.2) is 24.1 Å². The lowest BCUT2D eigenvalue weighted by Gasteiger charge is -2.15. The van der Waals surface area contributed by atoms with E-state index in [4.69, 9.17) is 4.74 Å². The first kappa shape index (κ1) is 5.18. The van der Waals surface area contributed by atoms with Gasteiger partial charge in [0.25, 0.3) is 0 Å². The fourth-order valence-corrected chi connectivity index (χ4v) is 0.460. The second-order valence-electron chi connectivity index (χ2n) is 1.37. The van der Waals surface area contributed by atoms with Crippen molar-refractivity contribution in [2.75, 3.05) is 6.61 Å². The topological polar surface area (TPSA) is 44.3 Å².